The summed E-state index contributed by atoms with van der Waals surface area (Å²) in [6.45, 7) is 7.25. The fourth-order valence-electron chi connectivity index (χ4n) is 1.94. The molecule has 1 aliphatic heterocycles. The van der Waals surface area contributed by atoms with E-state index in [9.17, 15) is 0 Å². The van der Waals surface area contributed by atoms with E-state index in [1.807, 2.05) is 6.92 Å². The normalized spacial score (nSPS) is 19.9. The molecular weight excluding hydrogens is 176 g/mol. The molecule has 0 amide bonds. The number of piperidine rings is 1. The lowest BCUT2D eigenvalue weighted by molar-refractivity contribution is 0.255. The van der Waals surface area contributed by atoms with Crippen molar-refractivity contribution in [3.8, 4) is 0 Å². The minimum absolute atomic E-state index is 0.785. The standard InChI is InChI=1S/C10H22N4/c1-3-9-5-7-14(8-6-9)10(13-11)12-4-2/h9H,3-8,11H2,1-2H3,(H,12,13). The Morgan fingerprint density at radius 3 is 2.50 bits per heavy atom. The van der Waals surface area contributed by atoms with Crippen LogP contribution >= 0.6 is 0 Å². The van der Waals surface area contributed by atoms with Crippen LogP contribution in [0.5, 0.6) is 0 Å². The zero-order chi connectivity index (χ0) is 10.4. The molecule has 3 N–H and O–H groups in total. The predicted molar refractivity (Wildman–Crippen MR) is 59.9 cm³/mol. The number of hydrogen-bond acceptors (Lipinski definition) is 2. The molecule has 0 aromatic heterocycles. The molecule has 0 unspecified atom stereocenters. The molecule has 0 aromatic carbocycles. The van der Waals surface area contributed by atoms with Crippen LogP contribution in [0.25, 0.3) is 0 Å². The number of nitrogens with zero attached hydrogens (tertiary/aromatic N) is 2. The van der Waals surface area contributed by atoms with Crippen LogP contribution in [0.4, 0.5) is 0 Å². The molecule has 1 aliphatic rings. The van der Waals surface area contributed by atoms with Gasteiger partial charge in [0.25, 0.3) is 0 Å². The van der Waals surface area contributed by atoms with E-state index in [0.29, 0.717) is 0 Å². The fourth-order valence-corrected chi connectivity index (χ4v) is 1.94. The summed E-state index contributed by atoms with van der Waals surface area (Å²) >= 11 is 0. The Labute approximate surface area is 86.5 Å². The van der Waals surface area contributed by atoms with Gasteiger partial charge in [0.05, 0.1) is 0 Å². The molecule has 0 atom stereocenters. The number of hydrazine groups is 1. The van der Waals surface area contributed by atoms with E-state index in [1.165, 1.54) is 19.3 Å². The summed E-state index contributed by atoms with van der Waals surface area (Å²) in [6.07, 6.45) is 3.83. The number of nitrogens with two attached hydrogens (primary N) is 1. The molecule has 0 bridgehead atoms. The van der Waals surface area contributed by atoms with Gasteiger partial charge in [-0.2, -0.15) is 0 Å². The van der Waals surface area contributed by atoms with Crippen molar-refractivity contribution in [2.45, 2.75) is 33.1 Å². The lowest BCUT2D eigenvalue weighted by Crippen LogP contribution is -2.48. The van der Waals surface area contributed by atoms with E-state index in [-0.39, 0.29) is 0 Å². The van der Waals surface area contributed by atoms with Crippen LogP contribution < -0.4 is 11.3 Å². The summed E-state index contributed by atoms with van der Waals surface area (Å²) in [7, 11) is 0. The third-order valence-electron chi connectivity index (χ3n) is 2.93. The highest BCUT2D eigenvalue weighted by molar-refractivity contribution is 5.79. The van der Waals surface area contributed by atoms with Crippen LogP contribution in [0.3, 0.4) is 0 Å². The van der Waals surface area contributed by atoms with Gasteiger partial charge < -0.3 is 4.90 Å². The number of guanidine groups is 1. The first-order valence-electron chi connectivity index (χ1n) is 5.57. The van der Waals surface area contributed by atoms with Crippen molar-refractivity contribution in [3.05, 3.63) is 0 Å². The zero-order valence-electron chi connectivity index (χ0n) is 9.29. The largest absolute Gasteiger partial charge is 0.342 e. The molecular formula is C10H22N4. The van der Waals surface area contributed by atoms with Crippen LogP contribution in [0.2, 0.25) is 0 Å². The summed E-state index contributed by atoms with van der Waals surface area (Å²) in [5.41, 5.74) is 2.68. The van der Waals surface area contributed by atoms with Crippen LogP contribution in [0.15, 0.2) is 4.99 Å². The van der Waals surface area contributed by atoms with Crippen molar-refractivity contribution in [2.24, 2.45) is 16.8 Å². The smallest absolute Gasteiger partial charge is 0.208 e. The molecule has 4 nitrogen and oxygen atoms in total. The van der Waals surface area contributed by atoms with Crippen molar-refractivity contribution in [3.63, 3.8) is 0 Å². The van der Waals surface area contributed by atoms with Gasteiger partial charge in [-0.3, -0.25) is 10.4 Å². The van der Waals surface area contributed by atoms with Gasteiger partial charge in [0.1, 0.15) is 0 Å². The summed E-state index contributed by atoms with van der Waals surface area (Å²) in [5, 5.41) is 0. The van der Waals surface area contributed by atoms with Gasteiger partial charge in [0.2, 0.25) is 5.96 Å². The van der Waals surface area contributed by atoms with Crippen LogP contribution in [0.1, 0.15) is 33.1 Å². The molecule has 0 spiro atoms. The maximum Gasteiger partial charge on any atom is 0.208 e. The van der Waals surface area contributed by atoms with Gasteiger partial charge in [0.15, 0.2) is 0 Å². The van der Waals surface area contributed by atoms with Crippen molar-refractivity contribution in [1.82, 2.24) is 10.3 Å². The molecule has 4 heteroatoms. The molecule has 1 saturated heterocycles. The molecule has 1 fully saturated rings. The monoisotopic (exact) mass is 198 g/mol. The molecule has 82 valence electrons. The second-order valence-corrected chi connectivity index (χ2v) is 3.78. The van der Waals surface area contributed by atoms with Crippen molar-refractivity contribution in [1.29, 1.82) is 0 Å². The van der Waals surface area contributed by atoms with E-state index in [4.69, 9.17) is 5.84 Å². The van der Waals surface area contributed by atoms with Gasteiger partial charge in [0, 0.05) is 19.6 Å². The van der Waals surface area contributed by atoms with Gasteiger partial charge in [-0.15, -0.1) is 0 Å². The number of aliphatic imine (C=N–C) groups is 1. The fraction of sp³-hybridized carbons (Fsp3) is 0.900. The van der Waals surface area contributed by atoms with Gasteiger partial charge in [-0.25, -0.2) is 5.84 Å². The highest BCUT2D eigenvalue weighted by Gasteiger charge is 2.19. The number of rotatable bonds is 2. The topological polar surface area (TPSA) is 53.6 Å². The number of likely N-dealkylation sites (tertiary alicyclic amines) is 1. The quantitative estimate of drug-likeness (QED) is 0.300. The van der Waals surface area contributed by atoms with E-state index in [1.54, 1.807) is 0 Å². The molecule has 0 aliphatic carbocycles. The molecule has 0 radical (unpaired) electrons. The minimum atomic E-state index is 0.785. The molecule has 1 rings (SSSR count). The van der Waals surface area contributed by atoms with Crippen LogP contribution in [-0.2, 0) is 0 Å². The maximum absolute atomic E-state index is 5.43. The summed E-state index contributed by atoms with van der Waals surface area (Å²) in [6, 6.07) is 0. The van der Waals surface area contributed by atoms with Gasteiger partial charge in [-0.1, -0.05) is 13.3 Å². The van der Waals surface area contributed by atoms with Crippen molar-refractivity contribution >= 4 is 5.96 Å². The van der Waals surface area contributed by atoms with Gasteiger partial charge >= 0.3 is 0 Å². The Bertz CT molecular complexity index is 183. The molecule has 14 heavy (non-hydrogen) atoms. The zero-order valence-corrected chi connectivity index (χ0v) is 9.29. The summed E-state index contributed by atoms with van der Waals surface area (Å²) in [5.74, 6) is 7.18. The second-order valence-electron chi connectivity index (χ2n) is 3.78. The van der Waals surface area contributed by atoms with E-state index < -0.39 is 0 Å². The SMILES string of the molecule is CCN=C(NN)N1CCC(CC)CC1. The molecule has 0 aromatic rings. The van der Waals surface area contributed by atoms with Crippen molar-refractivity contribution < 1.29 is 0 Å². The predicted octanol–water partition coefficient (Wildman–Crippen LogP) is 0.948. The molecule has 0 saturated carbocycles. The summed E-state index contributed by atoms with van der Waals surface area (Å²) in [4.78, 5) is 6.57. The number of nitrogens with one attached hydrogen (secondary N) is 1. The van der Waals surface area contributed by atoms with E-state index >= 15 is 0 Å². The Morgan fingerprint density at radius 1 is 1.43 bits per heavy atom. The average molecular weight is 198 g/mol. The van der Waals surface area contributed by atoms with Crippen molar-refractivity contribution in [2.75, 3.05) is 19.6 Å². The molecule has 1 heterocycles. The first-order valence-corrected chi connectivity index (χ1v) is 5.57. The third kappa shape index (κ3) is 2.87. The van der Waals surface area contributed by atoms with E-state index in [2.05, 4.69) is 22.2 Å². The Balaban J connectivity index is 2.43. The maximum atomic E-state index is 5.43. The first-order chi connectivity index (χ1) is 6.81. The first kappa shape index (κ1) is 11.3. The number of hydrogen-bond donors (Lipinski definition) is 2. The summed E-state index contributed by atoms with van der Waals surface area (Å²) < 4.78 is 0. The van der Waals surface area contributed by atoms with E-state index in [0.717, 1.165) is 31.5 Å². The van der Waals surface area contributed by atoms with Gasteiger partial charge in [-0.05, 0) is 25.7 Å². The lowest BCUT2D eigenvalue weighted by Gasteiger charge is -2.33. The highest BCUT2D eigenvalue weighted by Crippen LogP contribution is 2.19. The van der Waals surface area contributed by atoms with Crippen LogP contribution in [0, 0.1) is 5.92 Å². The minimum Gasteiger partial charge on any atom is -0.342 e. The van der Waals surface area contributed by atoms with Crippen LogP contribution in [-0.4, -0.2) is 30.5 Å². The highest BCUT2D eigenvalue weighted by atomic mass is 15.4. The Kier molecular flexibility index (Phi) is 4.73. The Hall–Kier alpha value is -0.770. The Morgan fingerprint density at radius 2 is 2.07 bits per heavy atom. The average Bonchev–Trinajstić information content (AvgIpc) is 2.26. The third-order valence-corrected chi connectivity index (χ3v) is 2.93. The lowest BCUT2D eigenvalue weighted by atomic mass is 9.95. The second kappa shape index (κ2) is 5.86.